The minimum atomic E-state index is -1.11. The van der Waals surface area contributed by atoms with Gasteiger partial charge in [-0.3, -0.25) is 14.4 Å². The smallest absolute Gasteiger partial charge is 0.408 e. The average Bonchev–Trinajstić information content (AvgIpc) is 2.90. The highest BCUT2D eigenvalue weighted by molar-refractivity contribution is 7.98. The maximum Gasteiger partial charge on any atom is 0.408 e. The Kier molecular flexibility index (Phi) is 16.1. The molecule has 1 aromatic rings. The molecule has 10 nitrogen and oxygen atoms in total. The van der Waals surface area contributed by atoms with E-state index in [0.717, 1.165) is 32.1 Å². The van der Waals surface area contributed by atoms with Crippen LogP contribution in [-0.4, -0.2) is 77.7 Å². The van der Waals surface area contributed by atoms with Crippen LogP contribution >= 0.6 is 11.8 Å². The predicted molar refractivity (Wildman–Crippen MR) is 157 cm³/mol. The van der Waals surface area contributed by atoms with Crippen molar-refractivity contribution in [1.82, 2.24) is 15.5 Å². The van der Waals surface area contributed by atoms with E-state index >= 15 is 0 Å². The number of hydrogen-bond acceptors (Lipinski definition) is 8. The van der Waals surface area contributed by atoms with Gasteiger partial charge in [0.05, 0.1) is 7.11 Å². The lowest BCUT2D eigenvalue weighted by Gasteiger charge is -2.34. The van der Waals surface area contributed by atoms with Gasteiger partial charge in [0.15, 0.2) is 0 Å². The zero-order valence-electron chi connectivity index (χ0n) is 24.8. The summed E-state index contributed by atoms with van der Waals surface area (Å²) in [5.74, 6) is -1.03. The molecule has 2 atom stereocenters. The number of methoxy groups -OCH3 is 1. The number of benzene rings is 1. The van der Waals surface area contributed by atoms with Crippen molar-refractivity contribution in [1.29, 1.82) is 0 Å². The molecule has 0 heterocycles. The van der Waals surface area contributed by atoms with Gasteiger partial charge in [0, 0.05) is 6.54 Å². The maximum absolute atomic E-state index is 14.1. The van der Waals surface area contributed by atoms with Crippen LogP contribution in [0.4, 0.5) is 4.79 Å². The third-order valence-electron chi connectivity index (χ3n) is 6.04. The zero-order chi connectivity index (χ0) is 30.1. The van der Waals surface area contributed by atoms with Crippen LogP contribution in [0.2, 0.25) is 0 Å². The fraction of sp³-hybridized carbons (Fsp3) is 0.655. The number of nitrogens with zero attached hydrogens (tertiary/aromatic N) is 1. The fourth-order valence-electron chi connectivity index (χ4n) is 4.03. The largest absolute Gasteiger partial charge is 0.508 e. The van der Waals surface area contributed by atoms with Gasteiger partial charge in [0.25, 0.3) is 0 Å². The second-order valence-corrected chi connectivity index (χ2v) is 11.6. The van der Waals surface area contributed by atoms with E-state index < -0.39 is 41.6 Å². The van der Waals surface area contributed by atoms with Crippen LogP contribution in [0.5, 0.6) is 5.75 Å². The SMILES string of the molecule is CCCCCCCCN(C(=O)C(CCSC)NC(=O)OC(C)(C)C)C(C(=O)NCC(=O)OC)c1ccc(O)cc1. The number of ether oxygens (including phenoxy) is 2. The summed E-state index contributed by atoms with van der Waals surface area (Å²) in [6.45, 7) is 7.25. The molecule has 40 heavy (non-hydrogen) atoms. The topological polar surface area (TPSA) is 134 Å². The molecule has 0 spiro atoms. The predicted octanol–water partition coefficient (Wildman–Crippen LogP) is 4.56. The van der Waals surface area contributed by atoms with Crippen molar-refractivity contribution in [2.45, 2.75) is 90.3 Å². The lowest BCUT2D eigenvalue weighted by Crippen LogP contribution is -2.53. The van der Waals surface area contributed by atoms with Crippen LogP contribution in [0.15, 0.2) is 24.3 Å². The van der Waals surface area contributed by atoms with Gasteiger partial charge in [-0.15, -0.1) is 0 Å². The van der Waals surface area contributed by atoms with E-state index in [0.29, 0.717) is 24.2 Å². The molecular formula is C29H47N3O7S. The summed E-state index contributed by atoms with van der Waals surface area (Å²) in [7, 11) is 1.22. The van der Waals surface area contributed by atoms with Gasteiger partial charge in [-0.25, -0.2) is 4.79 Å². The monoisotopic (exact) mass is 581 g/mol. The normalized spacial score (nSPS) is 12.7. The molecule has 11 heteroatoms. The second-order valence-electron chi connectivity index (χ2n) is 10.6. The Morgan fingerprint density at radius 2 is 1.65 bits per heavy atom. The minimum Gasteiger partial charge on any atom is -0.508 e. The van der Waals surface area contributed by atoms with E-state index in [4.69, 9.17) is 4.74 Å². The number of nitrogens with one attached hydrogen (secondary N) is 2. The van der Waals surface area contributed by atoms with Crippen molar-refractivity contribution in [3.63, 3.8) is 0 Å². The Morgan fingerprint density at radius 3 is 2.23 bits per heavy atom. The summed E-state index contributed by atoms with van der Waals surface area (Å²) in [6.07, 6.45) is 7.36. The molecule has 0 fully saturated rings. The number of carbonyl (C=O) groups is 4. The summed E-state index contributed by atoms with van der Waals surface area (Å²) in [6, 6.07) is 3.97. The van der Waals surface area contributed by atoms with E-state index in [1.807, 2.05) is 6.26 Å². The number of esters is 1. The molecule has 0 saturated heterocycles. The molecule has 3 amide bonds. The fourth-order valence-corrected chi connectivity index (χ4v) is 4.50. The van der Waals surface area contributed by atoms with Crippen molar-refractivity contribution in [2.24, 2.45) is 0 Å². The van der Waals surface area contributed by atoms with Gasteiger partial charge in [0.2, 0.25) is 11.8 Å². The molecule has 226 valence electrons. The lowest BCUT2D eigenvalue weighted by molar-refractivity contribution is -0.144. The van der Waals surface area contributed by atoms with Crippen LogP contribution in [0.25, 0.3) is 0 Å². The first-order chi connectivity index (χ1) is 18.9. The second kappa shape index (κ2) is 18.4. The lowest BCUT2D eigenvalue weighted by atomic mass is 10.0. The van der Waals surface area contributed by atoms with E-state index in [9.17, 15) is 24.3 Å². The van der Waals surface area contributed by atoms with Gasteiger partial charge in [-0.05, 0) is 63.3 Å². The number of carbonyl (C=O) groups excluding carboxylic acids is 4. The Hall–Kier alpha value is -2.95. The highest BCUT2D eigenvalue weighted by atomic mass is 32.2. The third-order valence-corrected chi connectivity index (χ3v) is 6.68. The van der Waals surface area contributed by atoms with Gasteiger partial charge < -0.3 is 30.1 Å². The van der Waals surface area contributed by atoms with Gasteiger partial charge >= 0.3 is 12.1 Å². The number of alkyl carbamates (subject to hydrolysis) is 1. The number of phenols is 1. The van der Waals surface area contributed by atoms with E-state index in [2.05, 4.69) is 22.3 Å². The van der Waals surface area contributed by atoms with Crippen LogP contribution < -0.4 is 10.6 Å². The van der Waals surface area contributed by atoms with Crippen LogP contribution in [-0.2, 0) is 23.9 Å². The first-order valence-corrected chi connectivity index (χ1v) is 15.2. The number of rotatable bonds is 17. The van der Waals surface area contributed by atoms with Gasteiger partial charge in [-0.1, -0.05) is 51.2 Å². The zero-order valence-corrected chi connectivity index (χ0v) is 25.6. The molecule has 0 aliphatic heterocycles. The highest BCUT2D eigenvalue weighted by Crippen LogP contribution is 2.26. The number of thioether (sulfide) groups is 1. The standard InChI is InChI=1S/C29H47N3O7S/c1-7-8-9-10-11-12-18-32(27(36)23(17-19-40-6)31-28(37)39-29(2,3)4)25(21-13-15-22(33)16-14-21)26(35)30-20-24(34)38-5/h13-16,23,25,33H,7-12,17-20H2,1-6H3,(H,30,35)(H,31,37). The molecule has 3 N–H and O–H groups in total. The first-order valence-electron chi connectivity index (χ1n) is 13.9. The molecule has 0 aromatic heterocycles. The Balaban J connectivity index is 3.41. The Morgan fingerprint density at radius 1 is 1.02 bits per heavy atom. The summed E-state index contributed by atoms with van der Waals surface area (Å²) in [4.78, 5) is 53.5. The molecule has 1 rings (SSSR count). The Bertz CT molecular complexity index is 935. The quantitative estimate of drug-likeness (QED) is 0.180. The van der Waals surface area contributed by atoms with Crippen molar-refractivity contribution in [2.75, 3.05) is 32.2 Å². The highest BCUT2D eigenvalue weighted by Gasteiger charge is 2.36. The number of amides is 3. The molecule has 0 radical (unpaired) electrons. The molecule has 0 aliphatic rings. The summed E-state index contributed by atoms with van der Waals surface area (Å²) in [5, 5.41) is 15.1. The molecule has 2 unspecified atom stereocenters. The number of aromatic hydroxyl groups is 1. The van der Waals surface area contributed by atoms with E-state index in [1.165, 1.54) is 35.9 Å². The molecule has 0 aliphatic carbocycles. The van der Waals surface area contributed by atoms with Crippen molar-refractivity contribution in [3.8, 4) is 5.75 Å². The summed E-state index contributed by atoms with van der Waals surface area (Å²) in [5.41, 5.74) is -0.294. The van der Waals surface area contributed by atoms with Crippen LogP contribution in [0.3, 0.4) is 0 Å². The van der Waals surface area contributed by atoms with Crippen LogP contribution in [0.1, 0.15) is 84.2 Å². The maximum atomic E-state index is 14.1. The van der Waals surface area contributed by atoms with Crippen molar-refractivity contribution < 1.29 is 33.8 Å². The average molecular weight is 582 g/mol. The molecule has 0 saturated carbocycles. The van der Waals surface area contributed by atoms with Gasteiger partial charge in [0.1, 0.15) is 30.0 Å². The Labute approximate surface area is 242 Å². The summed E-state index contributed by atoms with van der Waals surface area (Å²) < 4.78 is 10.1. The van der Waals surface area contributed by atoms with E-state index in [-0.39, 0.29) is 18.8 Å². The molecule has 0 bridgehead atoms. The molecule has 1 aromatic carbocycles. The summed E-state index contributed by atoms with van der Waals surface area (Å²) >= 11 is 1.53. The van der Waals surface area contributed by atoms with Gasteiger partial charge in [-0.2, -0.15) is 11.8 Å². The first kappa shape index (κ1) is 35.1. The third kappa shape index (κ3) is 13.4. The van der Waals surface area contributed by atoms with Crippen LogP contribution in [0, 0.1) is 0 Å². The van der Waals surface area contributed by atoms with Crippen molar-refractivity contribution >= 4 is 35.6 Å². The number of phenolic OH excluding ortho intramolecular Hbond substituents is 1. The number of hydrogen-bond donors (Lipinski definition) is 3. The van der Waals surface area contributed by atoms with E-state index in [1.54, 1.807) is 32.9 Å². The minimum absolute atomic E-state index is 0.00992. The van der Waals surface area contributed by atoms with Crippen molar-refractivity contribution in [3.05, 3.63) is 29.8 Å². The number of unbranched alkanes of at least 4 members (excludes halogenated alkanes) is 5. The molecular weight excluding hydrogens is 534 g/mol.